The van der Waals surface area contributed by atoms with E-state index >= 15 is 0 Å². The SMILES string of the molecule is O=C(CCC1CCCCC1)c1cccc2c(NS(=O)(=O)c3cc(Cl)cc(Cl)c3)cccc12. The van der Waals surface area contributed by atoms with Crippen LogP contribution >= 0.6 is 23.2 Å². The molecule has 1 saturated carbocycles. The lowest BCUT2D eigenvalue weighted by molar-refractivity contribution is 0.0972. The molecule has 0 heterocycles. The Bertz CT molecular complexity index is 1230. The molecule has 3 aromatic carbocycles. The van der Waals surface area contributed by atoms with E-state index in [4.69, 9.17) is 23.2 Å². The number of Topliss-reactive ketones (excluding diaryl/α,β-unsaturated/α-hetero) is 1. The fraction of sp³-hybridized carbons (Fsp3) is 0.320. The molecule has 0 radical (unpaired) electrons. The number of hydrogen-bond acceptors (Lipinski definition) is 3. The normalized spacial score (nSPS) is 15.1. The van der Waals surface area contributed by atoms with Gasteiger partial charge in [0, 0.05) is 27.4 Å². The number of nitrogens with one attached hydrogen (secondary N) is 1. The average Bonchev–Trinajstić information content (AvgIpc) is 2.77. The minimum absolute atomic E-state index is 0.0216. The zero-order valence-corrected chi connectivity index (χ0v) is 19.9. The summed E-state index contributed by atoms with van der Waals surface area (Å²) in [6.07, 6.45) is 7.67. The first-order chi connectivity index (χ1) is 15.3. The van der Waals surface area contributed by atoms with Crippen molar-refractivity contribution < 1.29 is 13.2 Å². The molecule has 32 heavy (non-hydrogen) atoms. The van der Waals surface area contributed by atoms with Gasteiger partial charge in [-0.25, -0.2) is 8.42 Å². The highest BCUT2D eigenvalue weighted by Crippen LogP contribution is 2.32. The molecule has 3 aromatic rings. The molecule has 0 bridgehead atoms. The number of sulfonamides is 1. The predicted octanol–water partition coefficient (Wildman–Crippen LogP) is 7.49. The first-order valence-electron chi connectivity index (χ1n) is 10.9. The van der Waals surface area contributed by atoms with Crippen molar-refractivity contribution in [3.05, 3.63) is 70.2 Å². The van der Waals surface area contributed by atoms with Crippen LogP contribution in [0.3, 0.4) is 0 Å². The van der Waals surface area contributed by atoms with Crippen LogP contribution in [-0.2, 0) is 10.0 Å². The Morgan fingerprint density at radius 2 is 1.56 bits per heavy atom. The maximum absolute atomic E-state index is 13.0. The summed E-state index contributed by atoms with van der Waals surface area (Å²) in [6.45, 7) is 0. The van der Waals surface area contributed by atoms with Crippen molar-refractivity contribution in [1.29, 1.82) is 0 Å². The number of fused-ring (bicyclic) bond motifs is 1. The zero-order chi connectivity index (χ0) is 22.7. The summed E-state index contributed by atoms with van der Waals surface area (Å²) >= 11 is 12.0. The van der Waals surface area contributed by atoms with Gasteiger partial charge in [-0.2, -0.15) is 0 Å². The second-order valence-corrected chi connectivity index (χ2v) is 10.9. The third-order valence-electron chi connectivity index (χ3n) is 6.12. The van der Waals surface area contributed by atoms with E-state index in [2.05, 4.69) is 4.72 Å². The average molecular weight is 490 g/mol. The standard InChI is InChI=1S/C25H25Cl2NO3S/c26-18-14-19(27)16-20(15-18)32(30,31)28-24-11-5-8-21-22(24)9-4-10-23(21)25(29)13-12-17-6-2-1-3-7-17/h4-5,8-11,14-17,28H,1-3,6-7,12-13H2. The fourth-order valence-electron chi connectivity index (χ4n) is 4.48. The van der Waals surface area contributed by atoms with Crippen molar-refractivity contribution in [3.63, 3.8) is 0 Å². The molecule has 0 amide bonds. The molecule has 0 unspecified atom stereocenters. The molecule has 0 spiro atoms. The molecule has 4 nitrogen and oxygen atoms in total. The van der Waals surface area contributed by atoms with Gasteiger partial charge in [0.05, 0.1) is 10.6 Å². The smallest absolute Gasteiger partial charge is 0.262 e. The highest BCUT2D eigenvalue weighted by molar-refractivity contribution is 7.92. The van der Waals surface area contributed by atoms with Gasteiger partial charge in [-0.05, 0) is 42.0 Å². The Morgan fingerprint density at radius 1 is 0.906 bits per heavy atom. The number of halogens is 2. The molecular formula is C25H25Cl2NO3S. The third kappa shape index (κ3) is 5.28. The van der Waals surface area contributed by atoms with Crippen LogP contribution < -0.4 is 4.72 Å². The molecule has 1 aliphatic rings. The van der Waals surface area contributed by atoms with Crippen LogP contribution in [0.25, 0.3) is 10.8 Å². The van der Waals surface area contributed by atoms with Crippen molar-refractivity contribution in [2.45, 2.75) is 49.8 Å². The largest absolute Gasteiger partial charge is 0.294 e. The number of ketones is 1. The summed E-state index contributed by atoms with van der Waals surface area (Å²) in [5, 5.41) is 1.89. The van der Waals surface area contributed by atoms with E-state index in [1.807, 2.05) is 18.2 Å². The van der Waals surface area contributed by atoms with Crippen LogP contribution in [0, 0.1) is 5.92 Å². The minimum Gasteiger partial charge on any atom is -0.294 e. The Balaban J connectivity index is 1.61. The Hall–Kier alpha value is -2.08. The number of carbonyl (C=O) groups excluding carboxylic acids is 1. The topological polar surface area (TPSA) is 63.2 Å². The highest BCUT2D eigenvalue weighted by atomic mass is 35.5. The number of anilines is 1. The van der Waals surface area contributed by atoms with Crippen molar-refractivity contribution in [3.8, 4) is 0 Å². The number of carbonyl (C=O) groups is 1. The van der Waals surface area contributed by atoms with Gasteiger partial charge in [-0.1, -0.05) is 85.6 Å². The van der Waals surface area contributed by atoms with Gasteiger partial charge in [-0.15, -0.1) is 0 Å². The molecule has 168 valence electrons. The lowest BCUT2D eigenvalue weighted by atomic mass is 9.85. The molecule has 1 fully saturated rings. The summed E-state index contributed by atoms with van der Waals surface area (Å²) in [5.41, 5.74) is 1.03. The van der Waals surface area contributed by atoms with Crippen LogP contribution in [0.15, 0.2) is 59.5 Å². The molecule has 0 aliphatic heterocycles. The molecule has 0 aromatic heterocycles. The summed E-state index contributed by atoms with van der Waals surface area (Å²) in [5.74, 6) is 0.734. The van der Waals surface area contributed by atoms with Gasteiger partial charge in [0.1, 0.15) is 0 Å². The minimum atomic E-state index is -3.91. The van der Waals surface area contributed by atoms with E-state index in [1.165, 1.54) is 50.3 Å². The molecule has 7 heteroatoms. The predicted molar refractivity (Wildman–Crippen MR) is 131 cm³/mol. The fourth-order valence-corrected chi connectivity index (χ4v) is 6.28. The first kappa shape index (κ1) is 23.1. The second kappa shape index (κ2) is 9.82. The van der Waals surface area contributed by atoms with Gasteiger partial charge in [0.2, 0.25) is 0 Å². The summed E-state index contributed by atoms with van der Waals surface area (Å²) in [4.78, 5) is 13.0. The van der Waals surface area contributed by atoms with Gasteiger partial charge in [0.25, 0.3) is 10.0 Å². The van der Waals surface area contributed by atoms with E-state index in [9.17, 15) is 13.2 Å². The van der Waals surface area contributed by atoms with E-state index in [0.717, 1.165) is 11.8 Å². The van der Waals surface area contributed by atoms with Crippen LogP contribution in [0.4, 0.5) is 5.69 Å². The number of rotatable bonds is 7. The van der Waals surface area contributed by atoms with Gasteiger partial charge < -0.3 is 0 Å². The Labute approximate surface area is 199 Å². The third-order valence-corrected chi connectivity index (χ3v) is 7.90. The van der Waals surface area contributed by atoms with E-state index in [-0.39, 0.29) is 20.7 Å². The van der Waals surface area contributed by atoms with Gasteiger partial charge >= 0.3 is 0 Å². The van der Waals surface area contributed by atoms with Gasteiger partial charge in [0.15, 0.2) is 5.78 Å². The maximum Gasteiger partial charge on any atom is 0.262 e. The monoisotopic (exact) mass is 489 g/mol. The number of benzene rings is 3. The molecule has 4 rings (SSSR count). The summed E-state index contributed by atoms with van der Waals surface area (Å²) in [7, 11) is -3.91. The number of hydrogen-bond donors (Lipinski definition) is 1. The quantitative estimate of drug-likeness (QED) is 0.349. The van der Waals surface area contributed by atoms with Crippen molar-refractivity contribution >= 4 is 55.5 Å². The zero-order valence-electron chi connectivity index (χ0n) is 17.6. The second-order valence-electron chi connectivity index (χ2n) is 8.38. The van der Waals surface area contributed by atoms with E-state index in [1.54, 1.807) is 18.2 Å². The van der Waals surface area contributed by atoms with Gasteiger partial charge in [-0.3, -0.25) is 9.52 Å². The first-order valence-corrected chi connectivity index (χ1v) is 13.1. The van der Waals surface area contributed by atoms with Crippen LogP contribution in [-0.4, -0.2) is 14.2 Å². The summed E-state index contributed by atoms with van der Waals surface area (Å²) in [6, 6.07) is 14.9. The Morgan fingerprint density at radius 3 is 2.28 bits per heavy atom. The van der Waals surface area contributed by atoms with Crippen LogP contribution in [0.5, 0.6) is 0 Å². The Kier molecular flexibility index (Phi) is 7.08. The maximum atomic E-state index is 13.0. The molecule has 1 aliphatic carbocycles. The van der Waals surface area contributed by atoms with Crippen molar-refractivity contribution in [2.24, 2.45) is 5.92 Å². The lowest BCUT2D eigenvalue weighted by Gasteiger charge is -2.21. The molecule has 0 saturated heterocycles. The highest BCUT2D eigenvalue weighted by Gasteiger charge is 2.20. The summed E-state index contributed by atoms with van der Waals surface area (Å²) < 4.78 is 28.5. The van der Waals surface area contributed by atoms with Crippen LogP contribution in [0.2, 0.25) is 10.0 Å². The van der Waals surface area contributed by atoms with Crippen molar-refractivity contribution in [1.82, 2.24) is 0 Å². The van der Waals surface area contributed by atoms with Crippen molar-refractivity contribution in [2.75, 3.05) is 4.72 Å². The van der Waals surface area contributed by atoms with E-state index < -0.39 is 10.0 Å². The van der Waals surface area contributed by atoms with E-state index in [0.29, 0.717) is 29.0 Å². The molecule has 0 atom stereocenters. The lowest BCUT2D eigenvalue weighted by Crippen LogP contribution is -2.13. The molecule has 1 N–H and O–H groups in total. The van der Waals surface area contributed by atoms with Crippen LogP contribution in [0.1, 0.15) is 55.3 Å². The molecular weight excluding hydrogens is 465 g/mol.